The van der Waals surface area contributed by atoms with Crippen molar-refractivity contribution in [2.45, 2.75) is 45.2 Å². The summed E-state index contributed by atoms with van der Waals surface area (Å²) in [6, 6.07) is 20.4. The number of rotatable bonds is 9. The third-order valence-corrected chi connectivity index (χ3v) is 7.03. The molecule has 5 heteroatoms. The molecule has 0 amide bonds. The first kappa shape index (κ1) is 24.8. The van der Waals surface area contributed by atoms with Crippen molar-refractivity contribution in [1.82, 2.24) is 15.2 Å². The van der Waals surface area contributed by atoms with Gasteiger partial charge in [0.05, 0.1) is 6.42 Å². The van der Waals surface area contributed by atoms with Crippen LogP contribution >= 0.6 is 0 Å². The number of ketones is 2. The lowest BCUT2D eigenvalue weighted by Gasteiger charge is -2.28. The summed E-state index contributed by atoms with van der Waals surface area (Å²) in [7, 11) is 0. The lowest BCUT2D eigenvalue weighted by Crippen LogP contribution is -2.32. The fourth-order valence-corrected chi connectivity index (χ4v) is 5.17. The van der Waals surface area contributed by atoms with Crippen LogP contribution in [0.2, 0.25) is 0 Å². The van der Waals surface area contributed by atoms with Crippen LogP contribution in [-0.2, 0) is 13.0 Å². The smallest absolute Gasteiger partial charge is 0.188 e. The second-order valence-electron chi connectivity index (χ2n) is 10.1. The molecule has 188 valence electrons. The van der Waals surface area contributed by atoms with E-state index in [2.05, 4.69) is 51.8 Å². The van der Waals surface area contributed by atoms with Crippen LogP contribution in [0.1, 0.15) is 62.4 Å². The van der Waals surface area contributed by atoms with Crippen molar-refractivity contribution in [2.75, 3.05) is 13.1 Å². The molecule has 1 unspecified atom stereocenters. The van der Waals surface area contributed by atoms with Gasteiger partial charge in [0.15, 0.2) is 11.6 Å². The molecule has 2 aliphatic rings. The van der Waals surface area contributed by atoms with Gasteiger partial charge in [-0.15, -0.1) is 0 Å². The zero-order valence-corrected chi connectivity index (χ0v) is 21.3. The molecule has 3 aromatic rings. The summed E-state index contributed by atoms with van der Waals surface area (Å²) in [6.45, 7) is 4.57. The lowest BCUT2D eigenvalue weighted by atomic mass is 9.95. The number of aromatic nitrogens is 1. The largest absolute Gasteiger partial charge is 0.369 e. The Morgan fingerprint density at radius 1 is 1.00 bits per heavy atom. The molecule has 2 aliphatic heterocycles. The molecule has 0 spiro atoms. The number of aryl methyl sites for hydroxylation is 1. The minimum Gasteiger partial charge on any atom is -0.369 e. The Balaban J connectivity index is 1.36. The van der Waals surface area contributed by atoms with E-state index >= 15 is 0 Å². The minimum atomic E-state index is -0.249. The molecule has 0 saturated carbocycles. The molecule has 1 N–H and O–H groups in total. The van der Waals surface area contributed by atoms with E-state index in [1.165, 1.54) is 24.0 Å². The van der Waals surface area contributed by atoms with Crippen LogP contribution < -0.4 is 5.32 Å². The number of pyridine rings is 1. The second kappa shape index (κ2) is 11.5. The zero-order valence-electron chi connectivity index (χ0n) is 21.3. The van der Waals surface area contributed by atoms with Crippen LogP contribution in [0, 0.1) is 6.92 Å². The minimum absolute atomic E-state index is 0.172. The van der Waals surface area contributed by atoms with Gasteiger partial charge < -0.3 is 10.2 Å². The standard InChI is InChI=1S/C32H33N3O2/c1-23-11-13-34-30(15-23)32(37)20-31(36)28-18-25(16-24-7-3-2-4-8-24)17-26(19-28)21-35-14-6-9-27(22-35)29-10-5-12-33-29/h2-4,6-9,11,13-15,17-19,29,33H,5,10,12,16,20-22H2,1H3. The fourth-order valence-electron chi connectivity index (χ4n) is 5.17. The summed E-state index contributed by atoms with van der Waals surface area (Å²) in [4.78, 5) is 32.6. The van der Waals surface area contributed by atoms with Gasteiger partial charge >= 0.3 is 0 Å². The van der Waals surface area contributed by atoms with E-state index in [1.54, 1.807) is 12.3 Å². The number of benzene rings is 2. The molecule has 1 atom stereocenters. The average Bonchev–Trinajstić information content (AvgIpc) is 3.45. The first-order valence-corrected chi connectivity index (χ1v) is 13.0. The Morgan fingerprint density at radius 3 is 2.62 bits per heavy atom. The highest BCUT2D eigenvalue weighted by atomic mass is 16.1. The van der Waals surface area contributed by atoms with E-state index < -0.39 is 0 Å². The molecule has 1 saturated heterocycles. The second-order valence-corrected chi connectivity index (χ2v) is 10.1. The number of nitrogens with zero attached hydrogens (tertiary/aromatic N) is 2. The molecular weight excluding hydrogens is 458 g/mol. The zero-order chi connectivity index (χ0) is 25.6. The molecule has 0 bridgehead atoms. The van der Waals surface area contributed by atoms with Gasteiger partial charge in [-0.25, -0.2) is 0 Å². The number of Topliss-reactive ketones (excluding diaryl/α,β-unsaturated/α-hetero) is 2. The van der Waals surface area contributed by atoms with Gasteiger partial charge in [0.2, 0.25) is 0 Å². The first-order chi connectivity index (χ1) is 18.0. The highest BCUT2D eigenvalue weighted by molar-refractivity contribution is 6.13. The van der Waals surface area contributed by atoms with E-state index in [0.717, 1.165) is 36.2 Å². The van der Waals surface area contributed by atoms with Crippen molar-refractivity contribution in [1.29, 1.82) is 0 Å². The van der Waals surface area contributed by atoms with E-state index in [4.69, 9.17) is 0 Å². The van der Waals surface area contributed by atoms with Crippen molar-refractivity contribution in [3.8, 4) is 0 Å². The normalized spacial score (nSPS) is 17.1. The van der Waals surface area contributed by atoms with Crippen LogP contribution in [0.25, 0.3) is 0 Å². The first-order valence-electron chi connectivity index (χ1n) is 13.0. The van der Waals surface area contributed by atoms with Crippen LogP contribution in [0.4, 0.5) is 0 Å². The van der Waals surface area contributed by atoms with E-state index in [9.17, 15) is 9.59 Å². The Bertz CT molecular complexity index is 1340. The Labute approximate surface area is 218 Å². The van der Waals surface area contributed by atoms with E-state index in [0.29, 0.717) is 23.8 Å². The number of hydrogen-bond donors (Lipinski definition) is 1. The number of hydrogen-bond acceptors (Lipinski definition) is 5. The van der Waals surface area contributed by atoms with E-state index in [1.807, 2.05) is 43.3 Å². The van der Waals surface area contributed by atoms with Gasteiger partial charge in [-0.3, -0.25) is 14.6 Å². The summed E-state index contributed by atoms with van der Waals surface area (Å²) in [5.41, 5.74) is 6.62. The monoisotopic (exact) mass is 491 g/mol. The number of nitrogens with one attached hydrogen (secondary N) is 1. The van der Waals surface area contributed by atoms with Gasteiger partial charge in [0, 0.05) is 30.9 Å². The summed E-state index contributed by atoms with van der Waals surface area (Å²) in [5.74, 6) is -0.420. The molecule has 5 rings (SSSR count). The molecule has 2 aromatic carbocycles. The van der Waals surface area contributed by atoms with Crippen molar-refractivity contribution in [2.24, 2.45) is 0 Å². The summed E-state index contributed by atoms with van der Waals surface area (Å²) < 4.78 is 0. The van der Waals surface area contributed by atoms with Crippen LogP contribution in [0.15, 0.2) is 90.8 Å². The molecule has 1 fully saturated rings. The quantitative estimate of drug-likeness (QED) is 0.319. The van der Waals surface area contributed by atoms with Crippen molar-refractivity contribution in [3.05, 3.63) is 124 Å². The predicted molar refractivity (Wildman–Crippen MR) is 147 cm³/mol. The highest BCUT2D eigenvalue weighted by Gasteiger charge is 2.22. The lowest BCUT2D eigenvalue weighted by molar-refractivity contribution is 0.0891. The van der Waals surface area contributed by atoms with Crippen molar-refractivity contribution in [3.63, 3.8) is 0 Å². The molecule has 0 aliphatic carbocycles. The maximum Gasteiger partial charge on any atom is 0.188 e. The van der Waals surface area contributed by atoms with Crippen LogP contribution in [0.5, 0.6) is 0 Å². The molecule has 5 nitrogen and oxygen atoms in total. The average molecular weight is 492 g/mol. The summed E-state index contributed by atoms with van der Waals surface area (Å²) >= 11 is 0. The highest BCUT2D eigenvalue weighted by Crippen LogP contribution is 2.22. The molecule has 1 aromatic heterocycles. The van der Waals surface area contributed by atoms with Crippen LogP contribution in [-0.4, -0.2) is 40.6 Å². The Morgan fingerprint density at radius 2 is 1.84 bits per heavy atom. The molecule has 37 heavy (non-hydrogen) atoms. The SMILES string of the molecule is Cc1ccnc(C(=O)CC(=O)c2cc(Cc3ccccc3)cc(CN3C=CC=C(C4CCCN4)C3)c2)c1. The van der Waals surface area contributed by atoms with Gasteiger partial charge in [-0.2, -0.15) is 0 Å². The summed E-state index contributed by atoms with van der Waals surface area (Å²) in [6.07, 6.45) is 11.0. The summed E-state index contributed by atoms with van der Waals surface area (Å²) in [5, 5.41) is 3.60. The number of carbonyl (C=O) groups is 2. The third kappa shape index (κ3) is 6.49. The van der Waals surface area contributed by atoms with Gasteiger partial charge in [-0.05, 0) is 97.1 Å². The van der Waals surface area contributed by atoms with Crippen LogP contribution in [0.3, 0.4) is 0 Å². The van der Waals surface area contributed by atoms with Gasteiger partial charge in [-0.1, -0.05) is 42.5 Å². The molecule has 0 radical (unpaired) electrons. The maximum absolute atomic E-state index is 13.3. The number of carbonyl (C=O) groups excluding carboxylic acids is 2. The van der Waals surface area contributed by atoms with Crippen molar-refractivity contribution < 1.29 is 9.59 Å². The molecular formula is C32H33N3O2. The number of allylic oxidation sites excluding steroid dienone is 2. The molecule has 3 heterocycles. The van der Waals surface area contributed by atoms with Gasteiger partial charge in [0.1, 0.15) is 5.69 Å². The predicted octanol–water partition coefficient (Wildman–Crippen LogP) is 5.44. The van der Waals surface area contributed by atoms with Gasteiger partial charge in [0.25, 0.3) is 0 Å². The topological polar surface area (TPSA) is 62.3 Å². The Hall–Kier alpha value is -3.83. The third-order valence-electron chi connectivity index (χ3n) is 7.03. The Kier molecular flexibility index (Phi) is 7.71. The van der Waals surface area contributed by atoms with Crippen molar-refractivity contribution >= 4 is 11.6 Å². The maximum atomic E-state index is 13.3. The van der Waals surface area contributed by atoms with E-state index in [-0.39, 0.29) is 18.0 Å². The fraction of sp³-hybridized carbons (Fsp3) is 0.281.